The molecule has 3 aromatic rings. The number of ether oxygens (including phenoxy) is 2. The van der Waals surface area contributed by atoms with E-state index in [-0.39, 0.29) is 12.7 Å². The maximum atomic E-state index is 12.4. The van der Waals surface area contributed by atoms with Gasteiger partial charge in [-0.2, -0.15) is 5.26 Å². The molecular weight excluding hydrogens is 416 g/mol. The summed E-state index contributed by atoms with van der Waals surface area (Å²) in [5.74, 6) is 2.10. The third kappa shape index (κ3) is 4.61. The number of thioether (sulfide) groups is 1. The van der Waals surface area contributed by atoms with Crippen LogP contribution in [0.4, 0.5) is 5.00 Å². The van der Waals surface area contributed by atoms with Crippen molar-refractivity contribution in [3.8, 4) is 17.6 Å². The van der Waals surface area contributed by atoms with E-state index in [0.29, 0.717) is 29.2 Å². The highest BCUT2D eigenvalue weighted by molar-refractivity contribution is 7.99. The van der Waals surface area contributed by atoms with Crippen LogP contribution in [0.1, 0.15) is 28.0 Å². The van der Waals surface area contributed by atoms with Gasteiger partial charge < -0.3 is 14.8 Å². The number of carbonyl (C=O) groups excluding carboxylic acids is 1. The highest BCUT2D eigenvalue weighted by atomic mass is 32.2. The smallest absolute Gasteiger partial charge is 0.231 e. The topological polar surface area (TPSA) is 71.3 Å². The Hall–Kier alpha value is -2.95. The number of nitrogens with zero attached hydrogens (tertiary/aromatic N) is 1. The average molecular weight is 437 g/mol. The molecule has 1 aliphatic heterocycles. The summed E-state index contributed by atoms with van der Waals surface area (Å²) < 4.78 is 10.8. The summed E-state index contributed by atoms with van der Waals surface area (Å²) in [4.78, 5) is 14.6. The van der Waals surface area contributed by atoms with Crippen LogP contribution in [0.5, 0.6) is 11.5 Å². The first-order valence-corrected chi connectivity index (χ1v) is 11.3. The van der Waals surface area contributed by atoms with E-state index in [1.807, 2.05) is 55.5 Å². The number of nitriles is 1. The normalized spacial score (nSPS) is 11.9. The summed E-state index contributed by atoms with van der Waals surface area (Å²) in [6, 6.07) is 18.1. The molecule has 0 saturated heterocycles. The van der Waals surface area contributed by atoms with Gasteiger partial charge in [0.2, 0.25) is 12.7 Å². The molecule has 152 valence electrons. The molecular formula is C23H20N2O3S2. The third-order valence-electron chi connectivity index (χ3n) is 4.75. The predicted molar refractivity (Wildman–Crippen MR) is 120 cm³/mol. The number of benzene rings is 2. The molecule has 0 aliphatic carbocycles. The summed E-state index contributed by atoms with van der Waals surface area (Å²) >= 11 is 3.11. The summed E-state index contributed by atoms with van der Waals surface area (Å²) in [6.45, 7) is 2.17. The van der Waals surface area contributed by atoms with Crippen molar-refractivity contribution >= 4 is 34.0 Å². The fraction of sp³-hybridized carbons (Fsp3) is 0.217. The molecule has 0 atom stereocenters. The lowest BCUT2D eigenvalue weighted by Crippen LogP contribution is -2.12. The van der Waals surface area contributed by atoms with Crippen molar-refractivity contribution in [3.05, 3.63) is 70.1 Å². The maximum absolute atomic E-state index is 12.4. The van der Waals surface area contributed by atoms with Gasteiger partial charge in [-0.3, -0.25) is 4.79 Å². The van der Waals surface area contributed by atoms with Crippen LogP contribution < -0.4 is 14.8 Å². The largest absolute Gasteiger partial charge is 0.454 e. The molecule has 0 radical (unpaired) electrons. The Bertz CT molecular complexity index is 1100. The number of rotatable bonds is 7. The van der Waals surface area contributed by atoms with Gasteiger partial charge in [-0.15, -0.1) is 23.1 Å². The minimum atomic E-state index is -0.0780. The van der Waals surface area contributed by atoms with E-state index in [0.717, 1.165) is 32.4 Å². The minimum Gasteiger partial charge on any atom is -0.454 e. The molecule has 1 N–H and O–H groups in total. The van der Waals surface area contributed by atoms with Crippen LogP contribution in [0.2, 0.25) is 0 Å². The second-order valence-electron chi connectivity index (χ2n) is 6.79. The standard InChI is InChI=1S/C23H20N2O3S2/c1-15-18(13-24)23(25-22(26)9-10-29-17-5-3-2-4-6-17)30-21(15)12-16-7-8-19-20(11-16)28-14-27-19/h2-8,11H,9-10,12,14H2,1H3,(H,25,26). The van der Waals surface area contributed by atoms with Gasteiger partial charge in [-0.25, -0.2) is 0 Å². The number of nitrogens with one attached hydrogen (secondary N) is 1. The Labute approximate surface area is 183 Å². The van der Waals surface area contributed by atoms with Crippen molar-refractivity contribution in [2.75, 3.05) is 17.9 Å². The summed E-state index contributed by atoms with van der Waals surface area (Å²) in [5, 5.41) is 13.2. The molecule has 5 nitrogen and oxygen atoms in total. The van der Waals surface area contributed by atoms with Crippen LogP contribution in [0.25, 0.3) is 0 Å². The summed E-state index contributed by atoms with van der Waals surface area (Å²) in [5.41, 5.74) is 2.53. The SMILES string of the molecule is Cc1c(Cc2ccc3c(c2)OCO3)sc(NC(=O)CCSc2ccccc2)c1C#N. The van der Waals surface area contributed by atoms with Crippen LogP contribution >= 0.6 is 23.1 Å². The number of amides is 1. The number of anilines is 1. The van der Waals surface area contributed by atoms with Gasteiger partial charge in [-0.05, 0) is 42.3 Å². The molecule has 0 bridgehead atoms. The molecule has 0 fully saturated rings. The quantitative estimate of drug-likeness (QED) is 0.504. The molecule has 0 unspecified atom stereocenters. The highest BCUT2D eigenvalue weighted by Gasteiger charge is 2.19. The summed E-state index contributed by atoms with van der Waals surface area (Å²) in [6.07, 6.45) is 1.06. The predicted octanol–water partition coefficient (Wildman–Crippen LogP) is 5.37. The van der Waals surface area contributed by atoms with E-state index >= 15 is 0 Å². The van der Waals surface area contributed by atoms with Crippen molar-refractivity contribution in [1.29, 1.82) is 5.26 Å². The van der Waals surface area contributed by atoms with Gasteiger partial charge >= 0.3 is 0 Å². The van der Waals surface area contributed by atoms with Gasteiger partial charge in [0.1, 0.15) is 11.1 Å². The van der Waals surface area contributed by atoms with Crippen molar-refractivity contribution in [2.45, 2.75) is 24.7 Å². The first-order chi connectivity index (χ1) is 14.6. The molecule has 30 heavy (non-hydrogen) atoms. The molecule has 4 rings (SSSR count). The molecule has 0 saturated carbocycles. The molecule has 1 aliphatic rings. The van der Waals surface area contributed by atoms with E-state index in [2.05, 4.69) is 11.4 Å². The lowest BCUT2D eigenvalue weighted by molar-refractivity contribution is -0.115. The van der Waals surface area contributed by atoms with Crippen molar-refractivity contribution in [1.82, 2.24) is 0 Å². The number of thiophene rings is 1. The lowest BCUT2D eigenvalue weighted by Gasteiger charge is -2.04. The zero-order valence-electron chi connectivity index (χ0n) is 16.4. The average Bonchev–Trinajstić information content (AvgIpc) is 3.33. The Morgan fingerprint density at radius 3 is 2.80 bits per heavy atom. The van der Waals surface area contributed by atoms with E-state index < -0.39 is 0 Å². The van der Waals surface area contributed by atoms with E-state index in [1.165, 1.54) is 11.3 Å². The highest BCUT2D eigenvalue weighted by Crippen LogP contribution is 2.37. The number of hydrogen-bond donors (Lipinski definition) is 1. The molecule has 2 aromatic carbocycles. The molecule has 1 aromatic heterocycles. The zero-order valence-corrected chi connectivity index (χ0v) is 18.1. The third-order valence-corrected chi connectivity index (χ3v) is 6.97. The van der Waals surface area contributed by atoms with Crippen LogP contribution in [0, 0.1) is 18.3 Å². The van der Waals surface area contributed by atoms with E-state index in [9.17, 15) is 10.1 Å². The summed E-state index contributed by atoms with van der Waals surface area (Å²) in [7, 11) is 0. The van der Waals surface area contributed by atoms with Crippen LogP contribution in [0.3, 0.4) is 0 Å². The Morgan fingerprint density at radius 2 is 2.00 bits per heavy atom. The van der Waals surface area contributed by atoms with Crippen LogP contribution in [-0.2, 0) is 11.2 Å². The first kappa shape index (κ1) is 20.3. The van der Waals surface area contributed by atoms with Gasteiger partial charge in [0.05, 0.1) is 5.56 Å². The van der Waals surface area contributed by atoms with Gasteiger partial charge in [0.25, 0.3) is 0 Å². The fourth-order valence-corrected chi connectivity index (χ4v) is 5.23. The zero-order chi connectivity index (χ0) is 20.9. The molecule has 1 amide bonds. The van der Waals surface area contributed by atoms with E-state index in [4.69, 9.17) is 9.47 Å². The molecule has 7 heteroatoms. The number of carbonyl (C=O) groups is 1. The number of fused-ring (bicyclic) bond motifs is 1. The Balaban J connectivity index is 1.41. The second-order valence-corrected chi connectivity index (χ2v) is 9.06. The fourth-order valence-electron chi connectivity index (χ4n) is 3.16. The monoisotopic (exact) mass is 436 g/mol. The molecule has 2 heterocycles. The van der Waals surface area contributed by atoms with Crippen molar-refractivity contribution < 1.29 is 14.3 Å². The van der Waals surface area contributed by atoms with Crippen LogP contribution in [-0.4, -0.2) is 18.5 Å². The van der Waals surface area contributed by atoms with Gasteiger partial charge in [0, 0.05) is 28.4 Å². The number of hydrogen-bond acceptors (Lipinski definition) is 6. The lowest BCUT2D eigenvalue weighted by atomic mass is 10.1. The van der Waals surface area contributed by atoms with E-state index in [1.54, 1.807) is 11.8 Å². The second kappa shape index (κ2) is 9.24. The molecule has 0 spiro atoms. The Morgan fingerprint density at radius 1 is 1.20 bits per heavy atom. The van der Waals surface area contributed by atoms with Crippen molar-refractivity contribution in [2.24, 2.45) is 0 Å². The van der Waals surface area contributed by atoms with Crippen LogP contribution in [0.15, 0.2) is 53.4 Å². The first-order valence-electron chi connectivity index (χ1n) is 9.52. The maximum Gasteiger partial charge on any atom is 0.231 e. The Kier molecular flexibility index (Phi) is 6.26. The van der Waals surface area contributed by atoms with Crippen molar-refractivity contribution in [3.63, 3.8) is 0 Å². The van der Waals surface area contributed by atoms with Gasteiger partial charge in [-0.1, -0.05) is 24.3 Å². The minimum absolute atomic E-state index is 0.0780. The van der Waals surface area contributed by atoms with Gasteiger partial charge in [0.15, 0.2) is 11.5 Å².